The van der Waals surface area contributed by atoms with Crippen LogP contribution in [0, 0.1) is 0 Å². The van der Waals surface area contributed by atoms with Crippen molar-refractivity contribution in [3.05, 3.63) is 29.8 Å². The second-order valence-electron chi connectivity index (χ2n) is 5.64. The third kappa shape index (κ3) is 4.22. The Hall–Kier alpha value is -1.06. The van der Waals surface area contributed by atoms with Gasteiger partial charge in [0.2, 0.25) is 0 Å². The summed E-state index contributed by atoms with van der Waals surface area (Å²) < 4.78 is 0. The molecule has 1 unspecified atom stereocenters. The molecule has 1 heterocycles. The molecule has 19 heavy (non-hydrogen) atoms. The number of hydrogen-bond acceptors (Lipinski definition) is 3. The lowest BCUT2D eigenvalue weighted by Gasteiger charge is -2.32. The van der Waals surface area contributed by atoms with Gasteiger partial charge in [0, 0.05) is 45.0 Å². The molecular weight excluding hydrogens is 234 g/mol. The lowest BCUT2D eigenvalue weighted by molar-refractivity contribution is 0.233. The molecule has 1 N–H and O–H groups in total. The second-order valence-corrected chi connectivity index (χ2v) is 5.64. The van der Waals surface area contributed by atoms with E-state index in [2.05, 4.69) is 60.4 Å². The number of nitrogens with zero attached hydrogens (tertiary/aromatic N) is 2. The fourth-order valence-corrected chi connectivity index (χ4v) is 2.65. The number of hydrogen-bond donors (Lipinski definition) is 1. The number of anilines is 1. The van der Waals surface area contributed by atoms with Gasteiger partial charge in [-0.25, -0.2) is 0 Å². The Labute approximate surface area is 117 Å². The minimum Gasteiger partial charge on any atom is -0.375 e. The van der Waals surface area contributed by atoms with Crippen LogP contribution in [0.4, 0.5) is 5.69 Å². The number of rotatable bonds is 5. The van der Waals surface area contributed by atoms with Crippen LogP contribution in [-0.4, -0.2) is 51.2 Å². The Kier molecular flexibility index (Phi) is 5.23. The molecule has 1 aliphatic heterocycles. The van der Waals surface area contributed by atoms with Crippen molar-refractivity contribution in [1.82, 2.24) is 10.2 Å². The molecule has 1 atom stereocenters. The summed E-state index contributed by atoms with van der Waals surface area (Å²) >= 11 is 0. The highest BCUT2D eigenvalue weighted by atomic mass is 15.2. The maximum Gasteiger partial charge on any atom is 0.0363 e. The molecule has 3 nitrogen and oxygen atoms in total. The monoisotopic (exact) mass is 261 g/mol. The van der Waals surface area contributed by atoms with Crippen molar-refractivity contribution in [2.24, 2.45) is 0 Å². The van der Waals surface area contributed by atoms with Gasteiger partial charge in [-0.05, 0) is 37.6 Å². The first kappa shape index (κ1) is 14.4. The van der Waals surface area contributed by atoms with Crippen molar-refractivity contribution in [2.45, 2.75) is 25.8 Å². The molecule has 1 aromatic carbocycles. The lowest BCUT2D eigenvalue weighted by atomic mass is 10.1. The molecule has 0 aromatic heterocycles. The van der Waals surface area contributed by atoms with E-state index >= 15 is 0 Å². The topological polar surface area (TPSA) is 18.5 Å². The quantitative estimate of drug-likeness (QED) is 0.874. The predicted octanol–water partition coefficient (Wildman–Crippen LogP) is 1.98. The molecule has 1 aromatic rings. The zero-order valence-corrected chi connectivity index (χ0v) is 12.5. The SMILES string of the molecule is CCc1ccc(N(C)CCC2CN(C)CCN2)cc1. The molecule has 2 rings (SSSR count). The van der Waals surface area contributed by atoms with E-state index in [0.29, 0.717) is 6.04 Å². The van der Waals surface area contributed by atoms with Crippen molar-refractivity contribution in [3.63, 3.8) is 0 Å². The van der Waals surface area contributed by atoms with Gasteiger partial charge >= 0.3 is 0 Å². The Morgan fingerprint density at radius 3 is 2.68 bits per heavy atom. The summed E-state index contributed by atoms with van der Waals surface area (Å²) in [4.78, 5) is 4.77. The zero-order valence-electron chi connectivity index (χ0n) is 12.5. The smallest absolute Gasteiger partial charge is 0.0363 e. The van der Waals surface area contributed by atoms with E-state index in [4.69, 9.17) is 0 Å². The van der Waals surface area contributed by atoms with Gasteiger partial charge < -0.3 is 15.1 Å². The Bertz CT molecular complexity index is 374. The molecule has 0 spiro atoms. The van der Waals surface area contributed by atoms with E-state index in [1.54, 1.807) is 0 Å². The number of piperazine rings is 1. The van der Waals surface area contributed by atoms with E-state index in [-0.39, 0.29) is 0 Å². The van der Waals surface area contributed by atoms with Crippen LogP contribution >= 0.6 is 0 Å². The van der Waals surface area contributed by atoms with Gasteiger partial charge in [0.25, 0.3) is 0 Å². The molecule has 1 saturated heterocycles. The molecule has 0 saturated carbocycles. The summed E-state index contributed by atoms with van der Waals surface area (Å²) in [5.74, 6) is 0. The number of likely N-dealkylation sites (N-methyl/N-ethyl adjacent to an activating group) is 1. The first-order valence-corrected chi connectivity index (χ1v) is 7.41. The van der Waals surface area contributed by atoms with Gasteiger partial charge in [-0.15, -0.1) is 0 Å². The largest absolute Gasteiger partial charge is 0.375 e. The summed E-state index contributed by atoms with van der Waals surface area (Å²) in [6.07, 6.45) is 2.32. The van der Waals surface area contributed by atoms with E-state index in [1.165, 1.54) is 30.8 Å². The summed E-state index contributed by atoms with van der Waals surface area (Å²) in [7, 11) is 4.40. The Morgan fingerprint density at radius 2 is 2.05 bits per heavy atom. The summed E-state index contributed by atoms with van der Waals surface area (Å²) in [6, 6.07) is 9.58. The predicted molar refractivity (Wildman–Crippen MR) is 83.0 cm³/mol. The lowest BCUT2D eigenvalue weighted by Crippen LogP contribution is -2.49. The fourth-order valence-electron chi connectivity index (χ4n) is 2.65. The van der Waals surface area contributed by atoms with Crippen LogP contribution in [0.25, 0.3) is 0 Å². The molecule has 3 heteroatoms. The van der Waals surface area contributed by atoms with Gasteiger partial charge in [0.05, 0.1) is 0 Å². The molecule has 1 fully saturated rings. The normalized spacial score (nSPS) is 20.5. The van der Waals surface area contributed by atoms with Crippen LogP contribution in [0.5, 0.6) is 0 Å². The number of nitrogens with one attached hydrogen (secondary N) is 1. The first-order chi connectivity index (χ1) is 9.19. The van der Waals surface area contributed by atoms with Crippen LogP contribution < -0.4 is 10.2 Å². The van der Waals surface area contributed by atoms with E-state index in [0.717, 1.165) is 19.5 Å². The number of aryl methyl sites for hydroxylation is 1. The van der Waals surface area contributed by atoms with Gasteiger partial charge in [0.1, 0.15) is 0 Å². The zero-order chi connectivity index (χ0) is 13.7. The second kappa shape index (κ2) is 6.92. The number of benzene rings is 1. The molecule has 0 amide bonds. The average Bonchev–Trinajstić information content (AvgIpc) is 2.45. The highest BCUT2D eigenvalue weighted by Gasteiger charge is 2.16. The standard InChI is InChI=1S/C16H27N3/c1-4-14-5-7-16(8-6-14)19(3)11-9-15-13-18(2)12-10-17-15/h5-8,15,17H,4,9-13H2,1-3H3. The van der Waals surface area contributed by atoms with Crippen LogP contribution in [0.1, 0.15) is 18.9 Å². The van der Waals surface area contributed by atoms with Crippen LogP contribution in [0.2, 0.25) is 0 Å². The third-order valence-electron chi connectivity index (χ3n) is 4.06. The molecule has 0 aliphatic carbocycles. The van der Waals surface area contributed by atoms with Crippen molar-refractivity contribution in [1.29, 1.82) is 0 Å². The highest BCUT2D eigenvalue weighted by molar-refractivity contribution is 5.46. The minimum atomic E-state index is 0.635. The third-order valence-corrected chi connectivity index (χ3v) is 4.06. The van der Waals surface area contributed by atoms with Crippen molar-refractivity contribution < 1.29 is 0 Å². The van der Waals surface area contributed by atoms with Gasteiger partial charge in [0.15, 0.2) is 0 Å². The summed E-state index contributed by atoms with van der Waals surface area (Å²) in [5.41, 5.74) is 2.73. The van der Waals surface area contributed by atoms with Crippen LogP contribution in [0.15, 0.2) is 24.3 Å². The highest BCUT2D eigenvalue weighted by Crippen LogP contribution is 2.15. The van der Waals surface area contributed by atoms with Crippen molar-refractivity contribution >= 4 is 5.69 Å². The molecule has 0 radical (unpaired) electrons. The Morgan fingerprint density at radius 1 is 1.32 bits per heavy atom. The maximum absolute atomic E-state index is 3.61. The summed E-state index contributed by atoms with van der Waals surface area (Å²) in [6.45, 7) is 6.77. The van der Waals surface area contributed by atoms with Crippen LogP contribution in [-0.2, 0) is 6.42 Å². The van der Waals surface area contributed by atoms with Crippen molar-refractivity contribution in [2.75, 3.05) is 45.2 Å². The van der Waals surface area contributed by atoms with E-state index < -0.39 is 0 Å². The first-order valence-electron chi connectivity index (χ1n) is 7.41. The average molecular weight is 261 g/mol. The Balaban J connectivity index is 1.81. The molecule has 0 bridgehead atoms. The van der Waals surface area contributed by atoms with Gasteiger partial charge in [-0.1, -0.05) is 19.1 Å². The fraction of sp³-hybridized carbons (Fsp3) is 0.625. The van der Waals surface area contributed by atoms with E-state index in [9.17, 15) is 0 Å². The van der Waals surface area contributed by atoms with Crippen LogP contribution in [0.3, 0.4) is 0 Å². The van der Waals surface area contributed by atoms with Crippen molar-refractivity contribution in [3.8, 4) is 0 Å². The molecule has 106 valence electrons. The molecular formula is C16H27N3. The van der Waals surface area contributed by atoms with Gasteiger partial charge in [-0.3, -0.25) is 0 Å². The van der Waals surface area contributed by atoms with E-state index in [1.807, 2.05) is 0 Å². The van der Waals surface area contributed by atoms with Gasteiger partial charge in [-0.2, -0.15) is 0 Å². The maximum atomic E-state index is 3.61. The minimum absolute atomic E-state index is 0.635. The summed E-state index contributed by atoms with van der Waals surface area (Å²) in [5, 5.41) is 3.61. The molecule has 1 aliphatic rings.